The number of nitrogens with one attached hydrogen (secondary N) is 1. The first-order valence-corrected chi connectivity index (χ1v) is 7.57. The Morgan fingerprint density at radius 2 is 1.88 bits per heavy atom. The van der Waals surface area contributed by atoms with Crippen LogP contribution in [0, 0.1) is 6.92 Å². The van der Waals surface area contributed by atoms with Gasteiger partial charge >= 0.3 is 0 Å². The van der Waals surface area contributed by atoms with Crippen LogP contribution in [0.4, 0.5) is 0 Å². The maximum atomic E-state index is 12.2. The van der Waals surface area contributed by atoms with Crippen LogP contribution < -0.4 is 4.72 Å². The Balaban J connectivity index is 2.92. The largest absolute Gasteiger partial charge is 0.241 e. The molecule has 0 fully saturated rings. The quantitative estimate of drug-likeness (QED) is 0.849. The van der Waals surface area contributed by atoms with Gasteiger partial charge in [0.1, 0.15) is 0 Å². The fraction of sp³-hybridized carbons (Fsp3) is 0.538. The molecule has 4 heteroatoms. The molecule has 0 aliphatic heterocycles. The molecule has 0 saturated heterocycles. The third kappa shape index (κ3) is 3.82. The minimum Gasteiger partial charge on any atom is -0.208 e. The van der Waals surface area contributed by atoms with Crippen LogP contribution in [0.3, 0.4) is 0 Å². The normalized spacial score (nSPS) is 13.6. The van der Waals surface area contributed by atoms with E-state index >= 15 is 0 Å². The summed E-state index contributed by atoms with van der Waals surface area (Å²) in [6.07, 6.45) is 2.68. The summed E-state index contributed by atoms with van der Waals surface area (Å²) in [6.45, 7) is 5.88. The van der Waals surface area contributed by atoms with Gasteiger partial charge in [-0.05, 0) is 31.4 Å². The van der Waals surface area contributed by atoms with E-state index in [1.807, 2.05) is 26.0 Å². The lowest BCUT2D eigenvalue weighted by atomic mass is 10.1. The SMILES string of the molecule is CCCC(CC)NS(=O)(=O)c1ccccc1C. The molecule has 0 spiro atoms. The Hall–Kier alpha value is -0.870. The predicted octanol–water partition coefficient (Wildman–Crippen LogP) is 2.85. The zero-order chi connectivity index (χ0) is 12.9. The van der Waals surface area contributed by atoms with Gasteiger partial charge < -0.3 is 0 Å². The zero-order valence-corrected chi connectivity index (χ0v) is 11.5. The highest BCUT2D eigenvalue weighted by molar-refractivity contribution is 7.89. The second-order valence-electron chi connectivity index (χ2n) is 4.28. The van der Waals surface area contributed by atoms with Crippen molar-refractivity contribution in [3.8, 4) is 0 Å². The first kappa shape index (κ1) is 14.2. The smallest absolute Gasteiger partial charge is 0.208 e. The highest BCUT2D eigenvalue weighted by Gasteiger charge is 2.19. The van der Waals surface area contributed by atoms with Gasteiger partial charge in [-0.15, -0.1) is 0 Å². The summed E-state index contributed by atoms with van der Waals surface area (Å²) in [4.78, 5) is 0.384. The Morgan fingerprint density at radius 3 is 2.41 bits per heavy atom. The lowest BCUT2D eigenvalue weighted by Crippen LogP contribution is -2.34. The standard InChI is InChI=1S/C13H21NO2S/c1-4-8-12(5-2)14-17(15,16)13-10-7-6-9-11(13)3/h6-7,9-10,12,14H,4-5,8H2,1-3H3. The van der Waals surface area contributed by atoms with Gasteiger partial charge in [0, 0.05) is 6.04 Å². The molecule has 0 saturated carbocycles. The van der Waals surface area contributed by atoms with Crippen molar-refractivity contribution in [1.29, 1.82) is 0 Å². The van der Waals surface area contributed by atoms with Gasteiger partial charge in [-0.25, -0.2) is 13.1 Å². The highest BCUT2D eigenvalue weighted by atomic mass is 32.2. The third-order valence-corrected chi connectivity index (χ3v) is 4.52. The lowest BCUT2D eigenvalue weighted by Gasteiger charge is -2.17. The summed E-state index contributed by atoms with van der Waals surface area (Å²) < 4.78 is 27.1. The average molecular weight is 255 g/mol. The van der Waals surface area contributed by atoms with E-state index in [4.69, 9.17) is 0 Å². The summed E-state index contributed by atoms with van der Waals surface area (Å²) in [5.41, 5.74) is 0.784. The van der Waals surface area contributed by atoms with Crippen LogP contribution in [0.2, 0.25) is 0 Å². The van der Waals surface area contributed by atoms with Crippen molar-refractivity contribution in [2.45, 2.75) is 51.0 Å². The molecule has 1 atom stereocenters. The Bertz CT molecular complexity index is 454. The monoisotopic (exact) mass is 255 g/mol. The van der Waals surface area contributed by atoms with E-state index in [-0.39, 0.29) is 6.04 Å². The lowest BCUT2D eigenvalue weighted by molar-refractivity contribution is 0.512. The third-order valence-electron chi connectivity index (χ3n) is 2.83. The second-order valence-corrected chi connectivity index (χ2v) is 5.96. The van der Waals surface area contributed by atoms with E-state index < -0.39 is 10.0 Å². The van der Waals surface area contributed by atoms with Crippen molar-refractivity contribution in [3.05, 3.63) is 29.8 Å². The van der Waals surface area contributed by atoms with Crippen molar-refractivity contribution >= 4 is 10.0 Å². The number of aryl methyl sites for hydroxylation is 1. The molecule has 1 aromatic carbocycles. The number of rotatable bonds is 6. The zero-order valence-electron chi connectivity index (χ0n) is 10.7. The van der Waals surface area contributed by atoms with E-state index in [2.05, 4.69) is 11.6 Å². The molecular weight excluding hydrogens is 234 g/mol. The molecule has 0 radical (unpaired) electrons. The minimum atomic E-state index is -3.37. The topological polar surface area (TPSA) is 46.2 Å². The van der Waals surface area contributed by atoms with Crippen molar-refractivity contribution in [3.63, 3.8) is 0 Å². The van der Waals surface area contributed by atoms with E-state index in [9.17, 15) is 8.42 Å². The van der Waals surface area contributed by atoms with Crippen LogP contribution in [0.1, 0.15) is 38.7 Å². The second kappa shape index (κ2) is 6.17. The molecule has 96 valence electrons. The molecule has 1 rings (SSSR count). The van der Waals surface area contributed by atoms with E-state index in [0.29, 0.717) is 4.90 Å². The molecule has 0 amide bonds. The maximum Gasteiger partial charge on any atom is 0.241 e. The highest BCUT2D eigenvalue weighted by Crippen LogP contribution is 2.15. The molecule has 3 nitrogen and oxygen atoms in total. The molecule has 0 aromatic heterocycles. The Labute approximate surface area is 104 Å². The van der Waals surface area contributed by atoms with Gasteiger partial charge in [0.15, 0.2) is 0 Å². The molecular formula is C13H21NO2S. The number of sulfonamides is 1. The van der Waals surface area contributed by atoms with Gasteiger partial charge in [0.2, 0.25) is 10.0 Å². The van der Waals surface area contributed by atoms with Crippen LogP contribution >= 0.6 is 0 Å². The summed E-state index contributed by atoms with van der Waals surface area (Å²) >= 11 is 0. The van der Waals surface area contributed by atoms with E-state index in [1.54, 1.807) is 12.1 Å². The van der Waals surface area contributed by atoms with Crippen LogP contribution in [0.25, 0.3) is 0 Å². The molecule has 1 N–H and O–H groups in total. The molecule has 0 aliphatic carbocycles. The molecule has 0 heterocycles. The van der Waals surface area contributed by atoms with Crippen molar-refractivity contribution in [2.24, 2.45) is 0 Å². The first-order valence-electron chi connectivity index (χ1n) is 6.09. The van der Waals surface area contributed by atoms with Gasteiger partial charge in [0.05, 0.1) is 4.90 Å². The van der Waals surface area contributed by atoms with Gasteiger partial charge in [0.25, 0.3) is 0 Å². The fourth-order valence-electron chi connectivity index (χ4n) is 1.84. The number of hydrogen-bond acceptors (Lipinski definition) is 2. The summed E-state index contributed by atoms with van der Waals surface area (Å²) in [5.74, 6) is 0. The van der Waals surface area contributed by atoms with Gasteiger partial charge in [-0.1, -0.05) is 38.5 Å². The first-order chi connectivity index (χ1) is 8.01. The Kier molecular flexibility index (Phi) is 5.15. The maximum absolute atomic E-state index is 12.2. The van der Waals surface area contributed by atoms with Crippen LogP contribution in [-0.2, 0) is 10.0 Å². The van der Waals surface area contributed by atoms with Crippen molar-refractivity contribution < 1.29 is 8.42 Å². The van der Waals surface area contributed by atoms with Crippen molar-refractivity contribution in [2.75, 3.05) is 0 Å². The Morgan fingerprint density at radius 1 is 1.24 bits per heavy atom. The van der Waals surface area contributed by atoms with Gasteiger partial charge in [-0.2, -0.15) is 0 Å². The predicted molar refractivity (Wildman–Crippen MR) is 70.5 cm³/mol. The summed E-state index contributed by atoms with van der Waals surface area (Å²) in [6, 6.07) is 7.09. The molecule has 1 aromatic rings. The minimum absolute atomic E-state index is 0.0320. The summed E-state index contributed by atoms with van der Waals surface area (Å²) in [7, 11) is -3.37. The van der Waals surface area contributed by atoms with Crippen molar-refractivity contribution in [1.82, 2.24) is 4.72 Å². The molecule has 0 bridgehead atoms. The summed E-state index contributed by atoms with van der Waals surface area (Å²) in [5, 5.41) is 0. The fourth-order valence-corrected chi connectivity index (χ4v) is 3.44. The van der Waals surface area contributed by atoms with E-state index in [1.165, 1.54) is 0 Å². The van der Waals surface area contributed by atoms with E-state index in [0.717, 1.165) is 24.8 Å². The molecule has 17 heavy (non-hydrogen) atoms. The number of hydrogen-bond donors (Lipinski definition) is 1. The van der Waals surface area contributed by atoms with Gasteiger partial charge in [-0.3, -0.25) is 0 Å². The number of benzene rings is 1. The van der Waals surface area contributed by atoms with Crippen LogP contribution in [0.5, 0.6) is 0 Å². The van der Waals surface area contributed by atoms with Crippen LogP contribution in [-0.4, -0.2) is 14.5 Å². The average Bonchev–Trinajstić information content (AvgIpc) is 2.28. The molecule has 1 unspecified atom stereocenters. The van der Waals surface area contributed by atoms with Crippen LogP contribution in [0.15, 0.2) is 29.2 Å². The molecule has 0 aliphatic rings.